The Labute approximate surface area is 166 Å². The molecule has 3 aromatic rings. The molecular formula is C18H11N5O7. The lowest BCUT2D eigenvalue weighted by molar-refractivity contribution is -0.385. The van der Waals surface area contributed by atoms with Crippen LogP contribution in [0.25, 0.3) is 11.4 Å². The van der Waals surface area contributed by atoms with Gasteiger partial charge in [0.1, 0.15) is 12.1 Å². The number of anilines is 1. The highest BCUT2D eigenvalue weighted by Crippen LogP contribution is 2.30. The number of benzene rings is 2. The Morgan fingerprint density at radius 1 is 1.17 bits per heavy atom. The van der Waals surface area contributed by atoms with Crippen LogP contribution in [0, 0.1) is 10.1 Å². The summed E-state index contributed by atoms with van der Waals surface area (Å²) in [6.45, 7) is -0.630. The molecule has 1 aliphatic heterocycles. The number of imide groups is 1. The summed E-state index contributed by atoms with van der Waals surface area (Å²) < 4.78 is 4.43. The van der Waals surface area contributed by atoms with E-state index in [9.17, 15) is 29.3 Å². The van der Waals surface area contributed by atoms with Gasteiger partial charge in [0.2, 0.25) is 5.91 Å². The molecule has 0 radical (unpaired) electrons. The van der Waals surface area contributed by atoms with Gasteiger partial charge in [-0.25, -0.2) is 4.79 Å². The predicted molar refractivity (Wildman–Crippen MR) is 99.7 cm³/mol. The molecule has 0 saturated heterocycles. The van der Waals surface area contributed by atoms with E-state index in [0.29, 0.717) is 16.2 Å². The number of nitro benzene ring substituents is 1. The second kappa shape index (κ2) is 7.09. The minimum Gasteiger partial charge on any atom is -0.325 e. The van der Waals surface area contributed by atoms with E-state index in [1.165, 1.54) is 18.2 Å². The highest BCUT2D eigenvalue weighted by molar-refractivity contribution is 6.24. The number of H-pyrrole nitrogens is 1. The average molecular weight is 409 g/mol. The molecule has 2 N–H and O–H groups in total. The molecule has 2 heterocycles. The van der Waals surface area contributed by atoms with Crippen LogP contribution in [0.3, 0.4) is 0 Å². The third-order valence-electron chi connectivity index (χ3n) is 4.34. The standard InChI is InChI=1S/C18H11N5O7/c24-13(19-10-4-1-3-9(7-10)15-20-18(27)30-21-15)8-22-16(25)11-5-2-6-12(23(28)29)14(11)17(22)26/h1-7H,8H2,(H,19,24)(H,20,21,27). The fourth-order valence-electron chi connectivity index (χ4n) is 3.05. The van der Waals surface area contributed by atoms with Crippen LogP contribution < -0.4 is 11.1 Å². The van der Waals surface area contributed by atoms with Crippen molar-refractivity contribution in [3.05, 3.63) is 74.3 Å². The Bertz CT molecular complexity index is 1280. The third kappa shape index (κ3) is 3.22. The molecule has 3 amide bonds. The largest absolute Gasteiger partial charge is 0.439 e. The molecule has 1 aliphatic rings. The van der Waals surface area contributed by atoms with Crippen LogP contribution in [0.4, 0.5) is 11.4 Å². The maximum Gasteiger partial charge on any atom is 0.439 e. The molecular weight excluding hydrogens is 398 g/mol. The molecule has 0 bridgehead atoms. The van der Waals surface area contributed by atoms with Gasteiger partial charge in [-0.05, 0) is 18.2 Å². The van der Waals surface area contributed by atoms with Gasteiger partial charge in [-0.15, -0.1) is 0 Å². The highest BCUT2D eigenvalue weighted by Gasteiger charge is 2.41. The second-order valence-electron chi connectivity index (χ2n) is 6.23. The van der Waals surface area contributed by atoms with E-state index in [1.807, 2.05) is 0 Å². The zero-order valence-corrected chi connectivity index (χ0v) is 14.9. The van der Waals surface area contributed by atoms with Crippen LogP contribution >= 0.6 is 0 Å². The van der Waals surface area contributed by atoms with Crippen molar-refractivity contribution in [3.8, 4) is 11.4 Å². The van der Waals surface area contributed by atoms with Crippen LogP contribution in [0.1, 0.15) is 20.7 Å². The first-order valence-electron chi connectivity index (χ1n) is 8.45. The van der Waals surface area contributed by atoms with Crippen molar-refractivity contribution in [2.45, 2.75) is 0 Å². The van der Waals surface area contributed by atoms with Crippen LogP contribution in [0.2, 0.25) is 0 Å². The van der Waals surface area contributed by atoms with E-state index in [0.717, 1.165) is 6.07 Å². The van der Waals surface area contributed by atoms with E-state index < -0.39 is 40.6 Å². The SMILES string of the molecule is O=C(CN1C(=O)c2cccc([N+](=O)[O-])c2C1=O)Nc1cccc(-c2noc(=O)[nH]2)c1. The molecule has 0 atom stereocenters. The zero-order chi connectivity index (χ0) is 21.4. The smallest absolute Gasteiger partial charge is 0.325 e. The molecule has 0 aliphatic carbocycles. The summed E-state index contributed by atoms with van der Waals surface area (Å²) in [5, 5.41) is 17.2. The van der Waals surface area contributed by atoms with Gasteiger partial charge in [0.15, 0.2) is 5.82 Å². The number of nitrogens with zero attached hydrogens (tertiary/aromatic N) is 3. The second-order valence-corrected chi connectivity index (χ2v) is 6.23. The number of fused-ring (bicyclic) bond motifs is 1. The monoisotopic (exact) mass is 409 g/mol. The van der Waals surface area contributed by atoms with Gasteiger partial charge in [0.05, 0.1) is 10.5 Å². The molecule has 2 aromatic carbocycles. The normalized spacial score (nSPS) is 12.7. The van der Waals surface area contributed by atoms with Crippen molar-refractivity contribution < 1.29 is 23.8 Å². The van der Waals surface area contributed by atoms with Crippen LogP contribution in [-0.4, -0.2) is 44.2 Å². The Morgan fingerprint density at radius 3 is 2.63 bits per heavy atom. The number of nitro groups is 1. The molecule has 12 nitrogen and oxygen atoms in total. The number of aromatic nitrogens is 2. The highest BCUT2D eigenvalue weighted by atomic mass is 16.6. The molecule has 30 heavy (non-hydrogen) atoms. The van der Waals surface area contributed by atoms with Crippen LogP contribution in [0.5, 0.6) is 0 Å². The fourth-order valence-corrected chi connectivity index (χ4v) is 3.05. The van der Waals surface area contributed by atoms with Crippen molar-refractivity contribution in [1.82, 2.24) is 15.0 Å². The Balaban J connectivity index is 1.52. The van der Waals surface area contributed by atoms with Crippen molar-refractivity contribution in [2.24, 2.45) is 0 Å². The summed E-state index contributed by atoms with van der Waals surface area (Å²) in [6, 6.07) is 9.96. The summed E-state index contributed by atoms with van der Waals surface area (Å²) in [7, 11) is 0. The number of carbonyl (C=O) groups excluding carboxylic acids is 3. The number of hydrogen-bond acceptors (Lipinski definition) is 8. The average Bonchev–Trinajstić information content (AvgIpc) is 3.25. The van der Waals surface area contributed by atoms with Gasteiger partial charge in [-0.1, -0.05) is 23.4 Å². The van der Waals surface area contributed by atoms with E-state index in [1.54, 1.807) is 18.2 Å². The van der Waals surface area contributed by atoms with E-state index in [-0.39, 0.29) is 17.0 Å². The summed E-state index contributed by atoms with van der Waals surface area (Å²) in [5.74, 6) is -2.98. The molecule has 150 valence electrons. The number of nitrogens with one attached hydrogen (secondary N) is 2. The lowest BCUT2D eigenvalue weighted by Gasteiger charge is -2.13. The van der Waals surface area contributed by atoms with Gasteiger partial charge < -0.3 is 5.32 Å². The molecule has 1 aromatic heterocycles. The quantitative estimate of drug-likeness (QED) is 0.359. The Hall–Kier alpha value is -4.61. The van der Waals surface area contributed by atoms with Crippen molar-refractivity contribution in [3.63, 3.8) is 0 Å². The predicted octanol–water partition coefficient (Wildman–Crippen LogP) is 1.17. The Kier molecular flexibility index (Phi) is 4.43. The van der Waals surface area contributed by atoms with Gasteiger partial charge in [0.25, 0.3) is 17.5 Å². The summed E-state index contributed by atoms with van der Waals surface area (Å²) in [5.41, 5.74) is -0.196. The summed E-state index contributed by atoms with van der Waals surface area (Å²) in [4.78, 5) is 61.9. The minimum atomic E-state index is -0.911. The molecule has 0 spiro atoms. The number of aromatic amines is 1. The van der Waals surface area contributed by atoms with E-state index in [4.69, 9.17) is 0 Å². The fraction of sp³-hybridized carbons (Fsp3) is 0.0556. The molecule has 0 saturated carbocycles. The topological polar surface area (TPSA) is 169 Å². The minimum absolute atomic E-state index is 0.126. The first-order chi connectivity index (χ1) is 14.3. The number of carbonyl (C=O) groups is 3. The van der Waals surface area contributed by atoms with E-state index >= 15 is 0 Å². The molecule has 0 unspecified atom stereocenters. The molecule has 4 rings (SSSR count). The first kappa shape index (κ1) is 18.7. The van der Waals surface area contributed by atoms with E-state index in [2.05, 4.69) is 20.0 Å². The van der Waals surface area contributed by atoms with Gasteiger partial charge in [-0.3, -0.25) is 38.9 Å². The lowest BCUT2D eigenvalue weighted by atomic mass is 10.1. The van der Waals surface area contributed by atoms with Crippen molar-refractivity contribution in [2.75, 3.05) is 11.9 Å². The summed E-state index contributed by atoms with van der Waals surface area (Å²) >= 11 is 0. The van der Waals surface area contributed by atoms with Crippen LogP contribution in [-0.2, 0) is 4.79 Å². The van der Waals surface area contributed by atoms with Crippen LogP contribution in [0.15, 0.2) is 51.8 Å². The van der Waals surface area contributed by atoms with Gasteiger partial charge in [0, 0.05) is 17.3 Å². The molecule has 12 heteroatoms. The first-order valence-corrected chi connectivity index (χ1v) is 8.45. The van der Waals surface area contributed by atoms with Gasteiger partial charge in [-0.2, -0.15) is 0 Å². The number of hydrogen-bond donors (Lipinski definition) is 2. The zero-order valence-electron chi connectivity index (χ0n) is 14.9. The van der Waals surface area contributed by atoms with Gasteiger partial charge >= 0.3 is 5.76 Å². The Morgan fingerprint density at radius 2 is 1.93 bits per heavy atom. The maximum absolute atomic E-state index is 12.5. The maximum atomic E-state index is 12.5. The molecule has 0 fully saturated rings. The van der Waals surface area contributed by atoms with Crippen molar-refractivity contribution in [1.29, 1.82) is 0 Å². The number of rotatable bonds is 5. The number of amides is 3. The van der Waals surface area contributed by atoms with Crippen molar-refractivity contribution >= 4 is 29.1 Å². The third-order valence-corrected chi connectivity index (χ3v) is 4.34. The lowest BCUT2D eigenvalue weighted by Crippen LogP contribution is -2.37. The summed E-state index contributed by atoms with van der Waals surface area (Å²) in [6.07, 6.45) is 0.